The molecular formula is C24H32N4O4. The standard InChI is InChI=1S/C24H32N4O4/c1-30-20-13-23(25)27-14-18(20)16-8-10-28(11-9-16)24(29)19-12-21(31-2)22(15-26-19)32-17-6-4-3-5-7-17/h12-17H,3-11H2,1-2H3,(H2,25,27). The second-order valence-electron chi connectivity index (χ2n) is 8.52. The molecule has 8 nitrogen and oxygen atoms in total. The number of nitrogens with zero attached hydrogens (tertiary/aromatic N) is 3. The lowest BCUT2D eigenvalue weighted by atomic mass is 9.89. The maximum absolute atomic E-state index is 13.1. The van der Waals surface area contributed by atoms with E-state index in [1.807, 2.05) is 4.90 Å². The van der Waals surface area contributed by atoms with E-state index >= 15 is 0 Å². The quantitative estimate of drug-likeness (QED) is 0.729. The molecule has 2 aromatic rings. The number of nitrogens with two attached hydrogens (primary N) is 1. The lowest BCUT2D eigenvalue weighted by molar-refractivity contribution is 0.0705. The van der Waals surface area contributed by atoms with Gasteiger partial charge in [-0.2, -0.15) is 0 Å². The van der Waals surface area contributed by atoms with Crippen molar-refractivity contribution < 1.29 is 19.0 Å². The van der Waals surface area contributed by atoms with Crippen LogP contribution in [0.1, 0.15) is 66.9 Å². The van der Waals surface area contributed by atoms with Gasteiger partial charge in [-0.15, -0.1) is 0 Å². The topological polar surface area (TPSA) is 99.8 Å². The number of carbonyl (C=O) groups excluding carboxylic acids is 1. The smallest absolute Gasteiger partial charge is 0.272 e. The summed E-state index contributed by atoms with van der Waals surface area (Å²) in [5.41, 5.74) is 7.19. The zero-order valence-electron chi connectivity index (χ0n) is 18.9. The van der Waals surface area contributed by atoms with E-state index in [2.05, 4.69) is 9.97 Å². The van der Waals surface area contributed by atoms with E-state index < -0.39 is 0 Å². The van der Waals surface area contributed by atoms with Gasteiger partial charge in [0.15, 0.2) is 11.5 Å². The van der Waals surface area contributed by atoms with Gasteiger partial charge in [-0.3, -0.25) is 4.79 Å². The van der Waals surface area contributed by atoms with Crippen LogP contribution in [0.25, 0.3) is 0 Å². The predicted octanol–water partition coefficient (Wildman–Crippen LogP) is 3.81. The number of pyridine rings is 2. The van der Waals surface area contributed by atoms with Gasteiger partial charge in [-0.1, -0.05) is 6.42 Å². The van der Waals surface area contributed by atoms with Gasteiger partial charge in [0.05, 0.1) is 26.5 Å². The van der Waals surface area contributed by atoms with Gasteiger partial charge in [0.2, 0.25) is 0 Å². The number of amides is 1. The number of piperidine rings is 1. The number of ether oxygens (including phenoxy) is 3. The molecule has 1 saturated carbocycles. The molecule has 2 aromatic heterocycles. The van der Waals surface area contributed by atoms with Crippen LogP contribution in [-0.2, 0) is 0 Å². The lowest BCUT2D eigenvalue weighted by Crippen LogP contribution is -2.38. The molecule has 0 spiro atoms. The van der Waals surface area contributed by atoms with Gasteiger partial charge in [0.1, 0.15) is 17.3 Å². The summed E-state index contributed by atoms with van der Waals surface area (Å²) in [7, 11) is 3.23. The second-order valence-corrected chi connectivity index (χ2v) is 8.52. The highest BCUT2D eigenvalue weighted by molar-refractivity contribution is 5.93. The monoisotopic (exact) mass is 440 g/mol. The molecule has 0 aromatic carbocycles. The summed E-state index contributed by atoms with van der Waals surface area (Å²) in [4.78, 5) is 23.6. The zero-order valence-corrected chi connectivity index (χ0v) is 18.9. The molecule has 2 N–H and O–H groups in total. The number of hydrogen-bond donors (Lipinski definition) is 1. The summed E-state index contributed by atoms with van der Waals surface area (Å²) in [6.45, 7) is 1.28. The van der Waals surface area contributed by atoms with Crippen LogP contribution in [-0.4, -0.2) is 54.2 Å². The van der Waals surface area contributed by atoms with E-state index in [9.17, 15) is 4.79 Å². The van der Waals surface area contributed by atoms with Crippen molar-refractivity contribution in [2.45, 2.75) is 57.0 Å². The van der Waals surface area contributed by atoms with Crippen LogP contribution in [0.4, 0.5) is 5.82 Å². The summed E-state index contributed by atoms with van der Waals surface area (Å²) in [6, 6.07) is 3.44. The normalized spacial score (nSPS) is 17.8. The fourth-order valence-electron chi connectivity index (χ4n) is 4.65. The molecule has 3 heterocycles. The summed E-state index contributed by atoms with van der Waals surface area (Å²) in [5, 5.41) is 0. The summed E-state index contributed by atoms with van der Waals surface area (Å²) < 4.78 is 17.1. The van der Waals surface area contributed by atoms with Crippen LogP contribution < -0.4 is 19.9 Å². The molecule has 2 fully saturated rings. The molecule has 0 bridgehead atoms. The predicted molar refractivity (Wildman–Crippen MR) is 121 cm³/mol. The molecule has 0 atom stereocenters. The molecule has 1 amide bonds. The third-order valence-electron chi connectivity index (χ3n) is 6.47. The van der Waals surface area contributed by atoms with Crippen LogP contribution in [0.2, 0.25) is 0 Å². The van der Waals surface area contributed by atoms with Crippen molar-refractivity contribution in [1.82, 2.24) is 14.9 Å². The Bertz CT molecular complexity index is 938. The number of likely N-dealkylation sites (tertiary alicyclic amines) is 1. The number of carbonyl (C=O) groups is 1. The molecular weight excluding hydrogens is 408 g/mol. The molecule has 2 aliphatic rings. The Morgan fingerprint density at radius 1 is 0.938 bits per heavy atom. The highest BCUT2D eigenvalue weighted by Crippen LogP contribution is 2.35. The summed E-state index contributed by atoms with van der Waals surface area (Å²) in [6.07, 6.45) is 11.0. The minimum absolute atomic E-state index is 0.0895. The van der Waals surface area contributed by atoms with E-state index in [-0.39, 0.29) is 17.9 Å². The molecule has 8 heteroatoms. The Morgan fingerprint density at radius 3 is 2.34 bits per heavy atom. The molecule has 1 aliphatic heterocycles. The first-order valence-electron chi connectivity index (χ1n) is 11.4. The van der Waals surface area contributed by atoms with Crippen LogP contribution in [0.5, 0.6) is 17.2 Å². The molecule has 0 radical (unpaired) electrons. The Morgan fingerprint density at radius 2 is 1.66 bits per heavy atom. The maximum Gasteiger partial charge on any atom is 0.272 e. The Hall–Kier alpha value is -3.03. The first-order valence-corrected chi connectivity index (χ1v) is 11.4. The molecule has 0 unspecified atom stereocenters. The van der Waals surface area contributed by atoms with Crippen molar-refractivity contribution in [3.63, 3.8) is 0 Å². The van der Waals surface area contributed by atoms with Crippen molar-refractivity contribution in [1.29, 1.82) is 0 Å². The third kappa shape index (κ3) is 4.89. The van der Waals surface area contributed by atoms with Gasteiger partial charge in [0, 0.05) is 37.0 Å². The fraction of sp³-hybridized carbons (Fsp3) is 0.542. The van der Waals surface area contributed by atoms with E-state index in [0.29, 0.717) is 36.1 Å². The van der Waals surface area contributed by atoms with Crippen molar-refractivity contribution >= 4 is 11.7 Å². The Balaban J connectivity index is 1.40. The number of methoxy groups -OCH3 is 2. The summed E-state index contributed by atoms with van der Waals surface area (Å²) >= 11 is 0. The number of aromatic nitrogens is 2. The first-order chi connectivity index (χ1) is 15.6. The molecule has 1 aliphatic carbocycles. The van der Waals surface area contributed by atoms with Gasteiger partial charge in [-0.05, 0) is 44.4 Å². The number of rotatable bonds is 6. The van der Waals surface area contributed by atoms with Crippen LogP contribution >= 0.6 is 0 Å². The minimum Gasteiger partial charge on any atom is -0.496 e. The Labute approximate surface area is 189 Å². The lowest BCUT2D eigenvalue weighted by Gasteiger charge is -2.32. The van der Waals surface area contributed by atoms with E-state index in [0.717, 1.165) is 37.0 Å². The van der Waals surface area contributed by atoms with Crippen molar-refractivity contribution in [3.8, 4) is 17.2 Å². The van der Waals surface area contributed by atoms with E-state index in [1.54, 1.807) is 38.7 Å². The summed E-state index contributed by atoms with van der Waals surface area (Å²) in [5.74, 6) is 2.54. The highest BCUT2D eigenvalue weighted by atomic mass is 16.5. The third-order valence-corrected chi connectivity index (χ3v) is 6.47. The SMILES string of the molecule is COc1cc(C(=O)N2CCC(c3cnc(N)cc3OC)CC2)ncc1OC1CCCCC1. The van der Waals surface area contributed by atoms with Gasteiger partial charge < -0.3 is 24.8 Å². The highest BCUT2D eigenvalue weighted by Gasteiger charge is 2.28. The number of hydrogen-bond acceptors (Lipinski definition) is 7. The van der Waals surface area contributed by atoms with Crippen LogP contribution in [0, 0.1) is 0 Å². The van der Waals surface area contributed by atoms with Gasteiger partial charge in [-0.25, -0.2) is 9.97 Å². The average molecular weight is 441 g/mol. The van der Waals surface area contributed by atoms with E-state index in [1.165, 1.54) is 19.3 Å². The second kappa shape index (κ2) is 10.1. The largest absolute Gasteiger partial charge is 0.496 e. The number of anilines is 1. The number of nitrogen functional groups attached to an aromatic ring is 1. The molecule has 1 saturated heterocycles. The van der Waals surface area contributed by atoms with Crippen LogP contribution in [0.15, 0.2) is 24.5 Å². The zero-order chi connectivity index (χ0) is 22.5. The minimum atomic E-state index is -0.0895. The van der Waals surface area contributed by atoms with Crippen molar-refractivity contribution in [2.75, 3.05) is 33.0 Å². The average Bonchev–Trinajstić information content (AvgIpc) is 2.84. The van der Waals surface area contributed by atoms with Gasteiger partial charge >= 0.3 is 0 Å². The van der Waals surface area contributed by atoms with Crippen molar-refractivity contribution in [2.24, 2.45) is 0 Å². The molecule has 4 rings (SSSR count). The maximum atomic E-state index is 13.1. The molecule has 32 heavy (non-hydrogen) atoms. The van der Waals surface area contributed by atoms with E-state index in [4.69, 9.17) is 19.9 Å². The van der Waals surface area contributed by atoms with Crippen LogP contribution in [0.3, 0.4) is 0 Å². The molecule has 172 valence electrons. The van der Waals surface area contributed by atoms with Crippen molar-refractivity contribution in [3.05, 3.63) is 35.8 Å². The van der Waals surface area contributed by atoms with Gasteiger partial charge in [0.25, 0.3) is 5.91 Å². The Kier molecular flexibility index (Phi) is 6.97. The fourth-order valence-corrected chi connectivity index (χ4v) is 4.65. The first kappa shape index (κ1) is 22.2.